The predicted octanol–water partition coefficient (Wildman–Crippen LogP) is 2.51. The SMILES string of the molecule is Cc1cc(F)cc2[nH]c(C(=O)NCCc3nncn3C3CC3)cc12. The first kappa shape index (κ1) is 14.9. The van der Waals surface area contributed by atoms with Crippen molar-refractivity contribution in [2.75, 3.05) is 6.54 Å². The molecular weight excluding hydrogens is 309 g/mol. The van der Waals surface area contributed by atoms with Crippen molar-refractivity contribution in [3.05, 3.63) is 47.4 Å². The van der Waals surface area contributed by atoms with Crippen molar-refractivity contribution < 1.29 is 9.18 Å². The highest BCUT2D eigenvalue weighted by molar-refractivity contribution is 5.98. The zero-order valence-corrected chi connectivity index (χ0v) is 13.3. The first-order valence-electron chi connectivity index (χ1n) is 8.07. The Balaban J connectivity index is 1.42. The molecule has 6 nitrogen and oxygen atoms in total. The fraction of sp³-hybridized carbons (Fsp3) is 0.353. The minimum Gasteiger partial charge on any atom is -0.350 e. The van der Waals surface area contributed by atoms with E-state index in [9.17, 15) is 9.18 Å². The highest BCUT2D eigenvalue weighted by atomic mass is 19.1. The second-order valence-corrected chi connectivity index (χ2v) is 6.26. The van der Waals surface area contributed by atoms with Crippen LogP contribution in [-0.4, -0.2) is 32.2 Å². The van der Waals surface area contributed by atoms with Crippen LogP contribution >= 0.6 is 0 Å². The second kappa shape index (κ2) is 5.74. The van der Waals surface area contributed by atoms with Crippen LogP contribution in [0.25, 0.3) is 10.9 Å². The van der Waals surface area contributed by atoms with E-state index in [1.807, 2.05) is 6.92 Å². The Morgan fingerprint density at radius 1 is 1.42 bits per heavy atom. The maximum absolute atomic E-state index is 13.4. The largest absolute Gasteiger partial charge is 0.350 e. The maximum Gasteiger partial charge on any atom is 0.267 e. The van der Waals surface area contributed by atoms with E-state index in [-0.39, 0.29) is 11.7 Å². The van der Waals surface area contributed by atoms with E-state index in [1.165, 1.54) is 25.0 Å². The van der Waals surface area contributed by atoms with Crippen molar-refractivity contribution in [1.29, 1.82) is 0 Å². The summed E-state index contributed by atoms with van der Waals surface area (Å²) in [6, 6.07) is 5.14. The molecule has 0 aliphatic heterocycles. The molecule has 124 valence electrons. The third kappa shape index (κ3) is 2.77. The molecule has 0 saturated heterocycles. The second-order valence-electron chi connectivity index (χ2n) is 6.26. The molecule has 1 aliphatic carbocycles. The van der Waals surface area contributed by atoms with Crippen molar-refractivity contribution in [3.63, 3.8) is 0 Å². The smallest absolute Gasteiger partial charge is 0.267 e. The number of hydrogen-bond acceptors (Lipinski definition) is 3. The Hall–Kier alpha value is -2.70. The number of aromatic nitrogens is 4. The summed E-state index contributed by atoms with van der Waals surface area (Å²) < 4.78 is 15.5. The van der Waals surface area contributed by atoms with Crippen LogP contribution in [0.3, 0.4) is 0 Å². The number of fused-ring (bicyclic) bond motifs is 1. The van der Waals surface area contributed by atoms with E-state index in [0.29, 0.717) is 30.2 Å². The molecule has 3 aromatic rings. The van der Waals surface area contributed by atoms with Crippen LogP contribution in [0.4, 0.5) is 4.39 Å². The van der Waals surface area contributed by atoms with E-state index in [2.05, 4.69) is 25.1 Å². The third-order valence-electron chi connectivity index (χ3n) is 4.38. The molecule has 1 aromatic carbocycles. The van der Waals surface area contributed by atoms with Gasteiger partial charge in [0.25, 0.3) is 5.91 Å². The lowest BCUT2D eigenvalue weighted by atomic mass is 10.1. The van der Waals surface area contributed by atoms with Gasteiger partial charge in [-0.05, 0) is 43.5 Å². The van der Waals surface area contributed by atoms with Crippen molar-refractivity contribution in [2.45, 2.75) is 32.2 Å². The molecule has 0 radical (unpaired) electrons. The summed E-state index contributed by atoms with van der Waals surface area (Å²) in [5, 5.41) is 11.8. The van der Waals surface area contributed by atoms with E-state index in [1.54, 1.807) is 12.4 Å². The Morgan fingerprint density at radius 3 is 3.04 bits per heavy atom. The normalized spacial score (nSPS) is 14.2. The van der Waals surface area contributed by atoms with E-state index in [4.69, 9.17) is 0 Å². The molecule has 1 amide bonds. The summed E-state index contributed by atoms with van der Waals surface area (Å²) in [5.74, 6) is 0.379. The number of aryl methyl sites for hydroxylation is 1. The monoisotopic (exact) mass is 327 g/mol. The summed E-state index contributed by atoms with van der Waals surface area (Å²) in [6.45, 7) is 2.30. The van der Waals surface area contributed by atoms with Gasteiger partial charge in [0.15, 0.2) is 0 Å². The van der Waals surface area contributed by atoms with Gasteiger partial charge in [0, 0.05) is 29.9 Å². The van der Waals surface area contributed by atoms with E-state index < -0.39 is 0 Å². The Labute approximate surface area is 138 Å². The van der Waals surface area contributed by atoms with Crippen LogP contribution in [0.2, 0.25) is 0 Å². The van der Waals surface area contributed by atoms with Gasteiger partial charge in [-0.1, -0.05) is 0 Å². The predicted molar refractivity (Wildman–Crippen MR) is 87.3 cm³/mol. The number of carbonyl (C=O) groups is 1. The highest BCUT2D eigenvalue weighted by Gasteiger charge is 2.25. The van der Waals surface area contributed by atoms with Crippen LogP contribution in [0, 0.1) is 12.7 Å². The highest BCUT2D eigenvalue weighted by Crippen LogP contribution is 2.35. The van der Waals surface area contributed by atoms with Gasteiger partial charge in [-0.25, -0.2) is 4.39 Å². The summed E-state index contributed by atoms with van der Waals surface area (Å²) in [7, 11) is 0. The molecule has 24 heavy (non-hydrogen) atoms. The molecule has 1 saturated carbocycles. The van der Waals surface area contributed by atoms with Crippen molar-refractivity contribution in [2.24, 2.45) is 0 Å². The van der Waals surface area contributed by atoms with Gasteiger partial charge in [-0.3, -0.25) is 4.79 Å². The average molecular weight is 327 g/mol. The van der Waals surface area contributed by atoms with Gasteiger partial charge >= 0.3 is 0 Å². The maximum atomic E-state index is 13.4. The van der Waals surface area contributed by atoms with Gasteiger partial charge in [0.1, 0.15) is 23.7 Å². The van der Waals surface area contributed by atoms with Crippen molar-refractivity contribution in [3.8, 4) is 0 Å². The van der Waals surface area contributed by atoms with Crippen molar-refractivity contribution >= 4 is 16.8 Å². The lowest BCUT2D eigenvalue weighted by Crippen LogP contribution is -2.26. The van der Waals surface area contributed by atoms with Crippen LogP contribution in [0.5, 0.6) is 0 Å². The lowest BCUT2D eigenvalue weighted by molar-refractivity contribution is 0.0949. The average Bonchev–Trinajstić information content (AvgIpc) is 3.11. The van der Waals surface area contributed by atoms with Gasteiger partial charge in [-0.2, -0.15) is 0 Å². The molecular formula is C17H18FN5O. The number of halogens is 1. The Morgan fingerprint density at radius 2 is 2.25 bits per heavy atom. The van der Waals surface area contributed by atoms with Crippen LogP contribution < -0.4 is 5.32 Å². The van der Waals surface area contributed by atoms with Gasteiger partial charge in [0.05, 0.1) is 0 Å². The summed E-state index contributed by atoms with van der Waals surface area (Å²) in [5.41, 5.74) is 1.87. The standard InChI is InChI=1S/C17H18FN5O/c1-10-6-11(18)7-14-13(10)8-15(21-14)17(24)19-5-4-16-22-20-9-23(16)12-2-3-12/h6-9,12,21H,2-5H2,1H3,(H,19,24). The molecule has 2 heterocycles. The Bertz CT molecular complexity index is 909. The number of amides is 1. The third-order valence-corrected chi connectivity index (χ3v) is 4.38. The molecule has 0 unspecified atom stereocenters. The fourth-order valence-electron chi connectivity index (χ4n) is 2.98. The molecule has 0 atom stereocenters. The molecule has 1 fully saturated rings. The summed E-state index contributed by atoms with van der Waals surface area (Å²) >= 11 is 0. The number of aromatic amines is 1. The minimum absolute atomic E-state index is 0.205. The Kier molecular flexibility index (Phi) is 3.55. The number of nitrogens with one attached hydrogen (secondary N) is 2. The summed E-state index contributed by atoms with van der Waals surface area (Å²) in [6.07, 6.45) is 4.73. The topological polar surface area (TPSA) is 75.6 Å². The van der Waals surface area contributed by atoms with Gasteiger partial charge < -0.3 is 14.9 Å². The van der Waals surface area contributed by atoms with Crippen LogP contribution in [0.1, 0.15) is 40.8 Å². The number of benzene rings is 1. The molecule has 7 heteroatoms. The number of rotatable bonds is 5. The quantitative estimate of drug-likeness (QED) is 0.756. The van der Waals surface area contributed by atoms with Gasteiger partial charge in [-0.15, -0.1) is 10.2 Å². The molecule has 2 N–H and O–H groups in total. The molecule has 0 bridgehead atoms. The molecule has 2 aromatic heterocycles. The van der Waals surface area contributed by atoms with E-state index in [0.717, 1.165) is 16.8 Å². The first-order valence-corrected chi connectivity index (χ1v) is 8.07. The zero-order valence-electron chi connectivity index (χ0n) is 13.3. The lowest BCUT2D eigenvalue weighted by Gasteiger charge is -2.05. The van der Waals surface area contributed by atoms with E-state index >= 15 is 0 Å². The molecule has 4 rings (SSSR count). The van der Waals surface area contributed by atoms with Crippen LogP contribution in [-0.2, 0) is 6.42 Å². The van der Waals surface area contributed by atoms with Gasteiger partial charge in [0.2, 0.25) is 0 Å². The number of nitrogens with zero attached hydrogens (tertiary/aromatic N) is 3. The fourth-order valence-corrected chi connectivity index (χ4v) is 2.98. The zero-order chi connectivity index (χ0) is 16.7. The first-order chi connectivity index (χ1) is 11.6. The number of H-pyrrole nitrogens is 1. The molecule has 0 spiro atoms. The van der Waals surface area contributed by atoms with Crippen molar-refractivity contribution in [1.82, 2.24) is 25.1 Å². The minimum atomic E-state index is -0.312. The number of hydrogen-bond donors (Lipinski definition) is 2. The van der Waals surface area contributed by atoms with Crippen LogP contribution in [0.15, 0.2) is 24.5 Å². The molecule has 1 aliphatic rings. The summed E-state index contributed by atoms with van der Waals surface area (Å²) in [4.78, 5) is 15.3. The number of carbonyl (C=O) groups excluding carboxylic acids is 1.